The van der Waals surface area contributed by atoms with Crippen molar-refractivity contribution in [3.8, 4) is 0 Å². The zero-order valence-corrected chi connectivity index (χ0v) is 16.7. The summed E-state index contributed by atoms with van der Waals surface area (Å²) in [5, 5.41) is 1.88. The highest BCUT2D eigenvalue weighted by atomic mass is 32.1. The molecule has 150 valence electrons. The SMILES string of the molecule is O=C(CCN1C(=O)[C@@H]2CCCC[C@H]2C1=O)N1CCN(C(=O)c2cccs2)CC1. The van der Waals surface area contributed by atoms with Crippen molar-refractivity contribution in [2.75, 3.05) is 32.7 Å². The topological polar surface area (TPSA) is 78.0 Å². The molecule has 8 heteroatoms. The van der Waals surface area contributed by atoms with E-state index in [1.54, 1.807) is 9.80 Å². The third kappa shape index (κ3) is 3.57. The molecular weight excluding hydrogens is 378 g/mol. The molecule has 2 atom stereocenters. The molecule has 1 aliphatic carbocycles. The average molecular weight is 404 g/mol. The normalized spacial score (nSPS) is 25.2. The summed E-state index contributed by atoms with van der Waals surface area (Å²) in [6.45, 7) is 2.17. The van der Waals surface area contributed by atoms with Crippen LogP contribution < -0.4 is 0 Å². The lowest BCUT2D eigenvalue weighted by atomic mass is 9.81. The predicted molar refractivity (Wildman–Crippen MR) is 104 cm³/mol. The molecule has 0 radical (unpaired) electrons. The molecule has 0 spiro atoms. The number of rotatable bonds is 4. The Hall–Kier alpha value is -2.22. The predicted octanol–water partition coefficient (Wildman–Crippen LogP) is 1.60. The second-order valence-corrected chi connectivity index (χ2v) is 8.67. The zero-order chi connectivity index (χ0) is 19.7. The molecule has 0 bridgehead atoms. The summed E-state index contributed by atoms with van der Waals surface area (Å²) in [5.74, 6) is -0.550. The lowest BCUT2D eigenvalue weighted by molar-refractivity contribution is -0.141. The summed E-state index contributed by atoms with van der Waals surface area (Å²) >= 11 is 1.42. The van der Waals surface area contributed by atoms with E-state index < -0.39 is 0 Å². The van der Waals surface area contributed by atoms with Crippen LogP contribution in [0.1, 0.15) is 41.8 Å². The number of amides is 4. The number of imide groups is 1. The number of hydrogen-bond acceptors (Lipinski definition) is 5. The molecule has 7 nitrogen and oxygen atoms in total. The highest BCUT2D eigenvalue weighted by Gasteiger charge is 2.47. The maximum Gasteiger partial charge on any atom is 0.264 e. The number of nitrogens with zero attached hydrogens (tertiary/aromatic N) is 3. The number of likely N-dealkylation sites (tertiary alicyclic amines) is 1. The van der Waals surface area contributed by atoms with Crippen molar-refractivity contribution in [2.45, 2.75) is 32.1 Å². The highest BCUT2D eigenvalue weighted by Crippen LogP contribution is 2.38. The molecule has 3 aliphatic rings. The van der Waals surface area contributed by atoms with Crippen LogP contribution in [-0.2, 0) is 14.4 Å². The first-order valence-electron chi connectivity index (χ1n) is 10.0. The molecule has 1 aromatic rings. The summed E-state index contributed by atoms with van der Waals surface area (Å²) in [6.07, 6.45) is 3.75. The first-order valence-corrected chi connectivity index (χ1v) is 10.9. The summed E-state index contributed by atoms with van der Waals surface area (Å²) < 4.78 is 0. The molecule has 0 N–H and O–H groups in total. The second-order valence-electron chi connectivity index (χ2n) is 7.73. The van der Waals surface area contributed by atoms with Crippen LogP contribution in [0.25, 0.3) is 0 Å². The second kappa shape index (κ2) is 8.03. The minimum Gasteiger partial charge on any atom is -0.339 e. The maximum atomic E-state index is 12.6. The lowest BCUT2D eigenvalue weighted by Gasteiger charge is -2.34. The van der Waals surface area contributed by atoms with Crippen LogP contribution >= 0.6 is 11.3 Å². The smallest absolute Gasteiger partial charge is 0.264 e. The van der Waals surface area contributed by atoms with Gasteiger partial charge in [-0.15, -0.1) is 11.3 Å². The lowest BCUT2D eigenvalue weighted by Crippen LogP contribution is -2.51. The molecule has 1 aromatic heterocycles. The van der Waals surface area contributed by atoms with Gasteiger partial charge in [-0.05, 0) is 24.3 Å². The minimum atomic E-state index is -0.164. The number of fused-ring (bicyclic) bond motifs is 1. The van der Waals surface area contributed by atoms with E-state index in [0.29, 0.717) is 31.1 Å². The van der Waals surface area contributed by atoms with Gasteiger partial charge in [0.2, 0.25) is 17.7 Å². The number of carbonyl (C=O) groups excluding carboxylic acids is 4. The van der Waals surface area contributed by atoms with E-state index >= 15 is 0 Å². The summed E-state index contributed by atoms with van der Waals surface area (Å²) in [4.78, 5) is 55.5. The molecule has 28 heavy (non-hydrogen) atoms. The molecule has 2 aliphatic heterocycles. The van der Waals surface area contributed by atoms with Gasteiger partial charge in [-0.25, -0.2) is 0 Å². The third-order valence-corrected chi connectivity index (χ3v) is 6.99. The Morgan fingerprint density at radius 3 is 2.14 bits per heavy atom. The van der Waals surface area contributed by atoms with Crippen LogP contribution in [-0.4, -0.2) is 71.1 Å². The van der Waals surface area contributed by atoms with Gasteiger partial charge in [0.25, 0.3) is 5.91 Å². The van der Waals surface area contributed by atoms with E-state index in [1.165, 1.54) is 16.2 Å². The van der Waals surface area contributed by atoms with Gasteiger partial charge in [-0.3, -0.25) is 24.1 Å². The van der Waals surface area contributed by atoms with Gasteiger partial charge in [0.15, 0.2) is 0 Å². The quantitative estimate of drug-likeness (QED) is 0.716. The van der Waals surface area contributed by atoms with Crippen LogP contribution in [0.2, 0.25) is 0 Å². The largest absolute Gasteiger partial charge is 0.339 e. The van der Waals surface area contributed by atoms with Crippen molar-refractivity contribution in [3.05, 3.63) is 22.4 Å². The van der Waals surface area contributed by atoms with E-state index in [-0.39, 0.29) is 48.4 Å². The van der Waals surface area contributed by atoms with Gasteiger partial charge >= 0.3 is 0 Å². The van der Waals surface area contributed by atoms with Crippen molar-refractivity contribution < 1.29 is 19.2 Å². The zero-order valence-electron chi connectivity index (χ0n) is 15.8. The van der Waals surface area contributed by atoms with Crippen molar-refractivity contribution in [1.29, 1.82) is 0 Å². The van der Waals surface area contributed by atoms with Crippen molar-refractivity contribution in [1.82, 2.24) is 14.7 Å². The van der Waals surface area contributed by atoms with Gasteiger partial charge < -0.3 is 9.80 Å². The van der Waals surface area contributed by atoms with Gasteiger partial charge in [0.1, 0.15) is 0 Å². The van der Waals surface area contributed by atoms with Gasteiger partial charge in [0.05, 0.1) is 16.7 Å². The highest BCUT2D eigenvalue weighted by molar-refractivity contribution is 7.12. The third-order valence-electron chi connectivity index (χ3n) is 6.13. The summed E-state index contributed by atoms with van der Waals surface area (Å²) in [7, 11) is 0. The van der Waals surface area contributed by atoms with Crippen LogP contribution in [0.4, 0.5) is 0 Å². The van der Waals surface area contributed by atoms with Crippen molar-refractivity contribution in [3.63, 3.8) is 0 Å². The molecular formula is C20H25N3O4S. The standard InChI is InChI=1S/C20H25N3O4S/c24-17(7-8-23-18(25)14-4-1-2-5-15(14)19(23)26)21-9-11-22(12-10-21)20(27)16-6-3-13-28-16/h3,6,13-15H,1-2,4-5,7-12H2/t14-,15-/m1/s1. The summed E-state index contributed by atoms with van der Waals surface area (Å²) in [5.41, 5.74) is 0. The molecule has 3 heterocycles. The minimum absolute atomic E-state index is 0.0120. The van der Waals surface area contributed by atoms with Crippen molar-refractivity contribution >= 4 is 35.0 Å². The monoisotopic (exact) mass is 403 g/mol. The molecule has 4 rings (SSSR count). The molecule has 2 saturated heterocycles. The Kier molecular flexibility index (Phi) is 5.48. The maximum absolute atomic E-state index is 12.6. The average Bonchev–Trinajstić information content (AvgIpc) is 3.35. The van der Waals surface area contributed by atoms with Crippen LogP contribution in [0, 0.1) is 11.8 Å². The Bertz CT molecular complexity index is 746. The van der Waals surface area contributed by atoms with Crippen LogP contribution in [0.15, 0.2) is 17.5 Å². The van der Waals surface area contributed by atoms with Crippen LogP contribution in [0.5, 0.6) is 0 Å². The molecule has 0 aromatic carbocycles. The number of thiophene rings is 1. The first kappa shape index (κ1) is 19.1. The van der Waals surface area contributed by atoms with E-state index in [2.05, 4.69) is 0 Å². The fraction of sp³-hybridized carbons (Fsp3) is 0.600. The molecule has 4 amide bonds. The van der Waals surface area contributed by atoms with E-state index in [1.807, 2.05) is 17.5 Å². The Labute approximate surface area is 168 Å². The summed E-state index contributed by atoms with van der Waals surface area (Å²) in [6, 6.07) is 3.67. The molecule has 0 unspecified atom stereocenters. The van der Waals surface area contributed by atoms with Gasteiger partial charge in [-0.2, -0.15) is 0 Å². The Morgan fingerprint density at radius 1 is 0.964 bits per heavy atom. The number of hydrogen-bond donors (Lipinski definition) is 0. The molecule has 3 fully saturated rings. The molecule has 1 saturated carbocycles. The fourth-order valence-electron chi connectivity index (χ4n) is 4.53. The number of piperazine rings is 1. The van der Waals surface area contributed by atoms with Crippen molar-refractivity contribution in [2.24, 2.45) is 11.8 Å². The van der Waals surface area contributed by atoms with E-state index in [9.17, 15) is 19.2 Å². The Morgan fingerprint density at radius 2 is 1.57 bits per heavy atom. The van der Waals surface area contributed by atoms with Gasteiger partial charge in [-0.1, -0.05) is 18.9 Å². The van der Waals surface area contributed by atoms with Crippen LogP contribution in [0.3, 0.4) is 0 Å². The number of carbonyl (C=O) groups is 4. The fourth-order valence-corrected chi connectivity index (χ4v) is 5.22. The van der Waals surface area contributed by atoms with E-state index in [0.717, 1.165) is 25.7 Å². The first-order chi connectivity index (χ1) is 13.6. The Balaban J connectivity index is 1.26. The van der Waals surface area contributed by atoms with E-state index in [4.69, 9.17) is 0 Å². The van der Waals surface area contributed by atoms with Gasteiger partial charge in [0, 0.05) is 39.1 Å².